The molecule has 0 radical (unpaired) electrons. The summed E-state index contributed by atoms with van der Waals surface area (Å²) in [5, 5.41) is 10.7. The minimum atomic E-state index is -0.643. The van der Waals surface area contributed by atoms with Crippen molar-refractivity contribution in [2.24, 2.45) is 5.10 Å². The Kier molecular flexibility index (Phi) is 6.17. The van der Waals surface area contributed by atoms with Crippen LogP contribution in [0.15, 0.2) is 94.8 Å². The van der Waals surface area contributed by atoms with E-state index in [1.165, 1.54) is 6.21 Å². The van der Waals surface area contributed by atoms with E-state index >= 15 is 0 Å². The number of nitrogens with one attached hydrogen (secondary N) is 2. The van der Waals surface area contributed by atoms with E-state index < -0.39 is 11.5 Å². The second kappa shape index (κ2) is 9.53. The van der Waals surface area contributed by atoms with Crippen LogP contribution in [0.4, 0.5) is 0 Å². The van der Waals surface area contributed by atoms with Gasteiger partial charge in [-0.15, -0.1) is 0 Å². The third-order valence-electron chi connectivity index (χ3n) is 4.83. The van der Waals surface area contributed by atoms with Crippen LogP contribution in [-0.2, 0) is 0 Å². The molecule has 4 aromatic rings. The molecule has 32 heavy (non-hydrogen) atoms. The van der Waals surface area contributed by atoms with Crippen molar-refractivity contribution in [2.75, 3.05) is 7.11 Å². The van der Waals surface area contributed by atoms with Crippen molar-refractivity contribution in [3.8, 4) is 28.1 Å². The second-order valence-corrected chi connectivity index (χ2v) is 6.82. The van der Waals surface area contributed by atoms with Crippen LogP contribution in [0.3, 0.4) is 0 Å². The number of carbonyl (C=O) groups is 1. The molecule has 1 amide bonds. The quantitative estimate of drug-likeness (QED) is 0.363. The standard InChI is InChI=1S/C25H20N4O3/c1-32-20-15-9-8-14-19(20)16-26-28-24(30)22-21(17-10-4-2-5-11-17)23(27-29-25(22)31)18-12-6-3-7-13-18/h2-16H,1H3,(H,28,30)(H,29,31)/b26-16+. The number of aromatic amines is 1. The Bertz CT molecular complexity index is 1320. The fraction of sp³-hybridized carbons (Fsp3) is 0.0400. The number of hydrazone groups is 1. The lowest BCUT2D eigenvalue weighted by Gasteiger charge is -2.13. The van der Waals surface area contributed by atoms with Gasteiger partial charge in [0.05, 0.1) is 19.0 Å². The maximum Gasteiger partial charge on any atom is 0.277 e. The summed E-state index contributed by atoms with van der Waals surface area (Å²) in [6.45, 7) is 0. The van der Waals surface area contributed by atoms with Gasteiger partial charge < -0.3 is 4.74 Å². The number of amides is 1. The van der Waals surface area contributed by atoms with Crippen LogP contribution in [0.25, 0.3) is 22.4 Å². The zero-order valence-corrected chi connectivity index (χ0v) is 17.3. The van der Waals surface area contributed by atoms with Crippen LogP contribution in [0.2, 0.25) is 0 Å². The molecule has 0 spiro atoms. The molecule has 0 atom stereocenters. The molecule has 0 saturated carbocycles. The molecule has 7 nitrogen and oxygen atoms in total. The second-order valence-electron chi connectivity index (χ2n) is 6.82. The number of hydrogen-bond acceptors (Lipinski definition) is 5. The lowest BCUT2D eigenvalue weighted by molar-refractivity contribution is 0.0954. The number of rotatable bonds is 6. The number of methoxy groups -OCH3 is 1. The molecular weight excluding hydrogens is 404 g/mol. The molecule has 4 rings (SSSR count). The predicted molar refractivity (Wildman–Crippen MR) is 124 cm³/mol. The first-order chi connectivity index (χ1) is 15.7. The number of carbonyl (C=O) groups excluding carboxylic acids is 1. The SMILES string of the molecule is COc1ccccc1/C=N/NC(=O)c1c(-c2ccccc2)c(-c2ccccc2)n[nH]c1=O. The van der Waals surface area contributed by atoms with Crippen molar-refractivity contribution in [3.63, 3.8) is 0 Å². The summed E-state index contributed by atoms with van der Waals surface area (Å²) in [6.07, 6.45) is 1.46. The van der Waals surface area contributed by atoms with Crippen LogP contribution in [0.1, 0.15) is 15.9 Å². The van der Waals surface area contributed by atoms with Crippen molar-refractivity contribution < 1.29 is 9.53 Å². The van der Waals surface area contributed by atoms with Gasteiger partial charge in [0.2, 0.25) is 0 Å². The highest BCUT2D eigenvalue weighted by Gasteiger charge is 2.22. The normalized spacial score (nSPS) is 10.8. The van der Waals surface area contributed by atoms with E-state index in [1.54, 1.807) is 19.2 Å². The van der Waals surface area contributed by atoms with Gasteiger partial charge in [-0.2, -0.15) is 10.2 Å². The van der Waals surface area contributed by atoms with Crippen molar-refractivity contribution in [3.05, 3.63) is 106 Å². The van der Waals surface area contributed by atoms with Gasteiger partial charge in [0.15, 0.2) is 0 Å². The monoisotopic (exact) mass is 424 g/mol. The highest BCUT2D eigenvalue weighted by Crippen LogP contribution is 2.31. The van der Waals surface area contributed by atoms with E-state index in [1.807, 2.05) is 72.8 Å². The van der Waals surface area contributed by atoms with Crippen molar-refractivity contribution >= 4 is 12.1 Å². The molecule has 1 heterocycles. The molecule has 0 saturated heterocycles. The fourth-order valence-corrected chi connectivity index (χ4v) is 3.35. The van der Waals surface area contributed by atoms with Crippen LogP contribution < -0.4 is 15.7 Å². The van der Waals surface area contributed by atoms with Crippen molar-refractivity contribution in [1.82, 2.24) is 15.6 Å². The molecule has 2 N–H and O–H groups in total. The Morgan fingerprint density at radius 2 is 1.56 bits per heavy atom. The van der Waals surface area contributed by atoms with Crippen LogP contribution in [-0.4, -0.2) is 29.4 Å². The van der Waals surface area contributed by atoms with Crippen LogP contribution >= 0.6 is 0 Å². The molecule has 0 aliphatic rings. The van der Waals surface area contributed by atoms with E-state index in [0.29, 0.717) is 28.1 Å². The number of nitrogens with zero attached hydrogens (tertiary/aromatic N) is 2. The van der Waals surface area contributed by atoms with Crippen LogP contribution in [0, 0.1) is 0 Å². The summed E-state index contributed by atoms with van der Waals surface area (Å²) in [7, 11) is 1.55. The first kappa shape index (κ1) is 20.7. The first-order valence-corrected chi connectivity index (χ1v) is 9.89. The van der Waals surface area contributed by atoms with Gasteiger partial charge in [-0.1, -0.05) is 72.8 Å². The van der Waals surface area contributed by atoms with Gasteiger partial charge in [-0.25, -0.2) is 10.5 Å². The third-order valence-corrected chi connectivity index (χ3v) is 4.83. The Hall–Kier alpha value is -4.52. The zero-order chi connectivity index (χ0) is 22.3. The molecule has 0 aliphatic heterocycles. The van der Waals surface area contributed by atoms with Gasteiger partial charge in [-0.05, 0) is 17.7 Å². The maximum absolute atomic E-state index is 13.1. The van der Waals surface area contributed by atoms with Gasteiger partial charge in [0, 0.05) is 16.7 Å². The highest BCUT2D eigenvalue weighted by atomic mass is 16.5. The predicted octanol–water partition coefficient (Wildman–Crippen LogP) is 3.88. The Morgan fingerprint density at radius 1 is 0.938 bits per heavy atom. The van der Waals surface area contributed by atoms with E-state index in [9.17, 15) is 9.59 Å². The molecule has 0 unspecified atom stereocenters. The minimum Gasteiger partial charge on any atom is -0.496 e. The number of H-pyrrole nitrogens is 1. The lowest BCUT2D eigenvalue weighted by Crippen LogP contribution is -2.28. The Balaban J connectivity index is 1.77. The molecule has 3 aromatic carbocycles. The average Bonchev–Trinajstić information content (AvgIpc) is 2.85. The van der Waals surface area contributed by atoms with E-state index in [0.717, 1.165) is 5.56 Å². The Morgan fingerprint density at radius 3 is 2.25 bits per heavy atom. The maximum atomic E-state index is 13.1. The molecule has 1 aromatic heterocycles. The summed E-state index contributed by atoms with van der Waals surface area (Å²) >= 11 is 0. The topological polar surface area (TPSA) is 96.4 Å². The van der Waals surface area contributed by atoms with Crippen molar-refractivity contribution in [2.45, 2.75) is 0 Å². The number of hydrogen-bond donors (Lipinski definition) is 2. The number of benzene rings is 3. The van der Waals surface area contributed by atoms with Gasteiger partial charge in [0.1, 0.15) is 11.3 Å². The molecular formula is C25H20N4O3. The Labute approximate surface area is 184 Å². The average molecular weight is 424 g/mol. The molecule has 0 aliphatic carbocycles. The van der Waals surface area contributed by atoms with E-state index in [2.05, 4.69) is 20.7 Å². The minimum absolute atomic E-state index is 0.0674. The smallest absolute Gasteiger partial charge is 0.277 e. The van der Waals surface area contributed by atoms with Crippen molar-refractivity contribution in [1.29, 1.82) is 0 Å². The van der Waals surface area contributed by atoms with E-state index in [-0.39, 0.29) is 5.56 Å². The summed E-state index contributed by atoms with van der Waals surface area (Å²) in [4.78, 5) is 25.8. The van der Waals surface area contributed by atoms with Crippen LogP contribution in [0.5, 0.6) is 5.75 Å². The molecule has 0 bridgehead atoms. The van der Waals surface area contributed by atoms with Gasteiger partial charge >= 0.3 is 0 Å². The summed E-state index contributed by atoms with van der Waals surface area (Å²) in [5.41, 5.74) is 4.87. The summed E-state index contributed by atoms with van der Waals surface area (Å²) < 4.78 is 5.28. The summed E-state index contributed by atoms with van der Waals surface area (Å²) in [6, 6.07) is 25.8. The highest BCUT2D eigenvalue weighted by molar-refractivity contribution is 6.03. The zero-order valence-electron chi connectivity index (χ0n) is 17.3. The lowest BCUT2D eigenvalue weighted by atomic mass is 9.95. The molecule has 0 fully saturated rings. The number of aromatic nitrogens is 2. The number of ether oxygens (including phenoxy) is 1. The van der Waals surface area contributed by atoms with Gasteiger partial charge in [0.25, 0.3) is 11.5 Å². The largest absolute Gasteiger partial charge is 0.496 e. The third kappa shape index (κ3) is 4.32. The number of para-hydroxylation sites is 1. The van der Waals surface area contributed by atoms with E-state index in [4.69, 9.17) is 4.74 Å². The molecule has 158 valence electrons. The van der Waals surface area contributed by atoms with Gasteiger partial charge in [-0.3, -0.25) is 9.59 Å². The first-order valence-electron chi connectivity index (χ1n) is 9.89. The summed E-state index contributed by atoms with van der Waals surface area (Å²) in [5.74, 6) is -0.0283. The molecule has 7 heteroatoms. The fourth-order valence-electron chi connectivity index (χ4n) is 3.35.